The van der Waals surface area contributed by atoms with E-state index in [0.29, 0.717) is 20.9 Å². The SMILES string of the molecule is CCc1nc(N2CC([C@H]3CCCN(C4CC(C)C4)C3)C2)nc(N[C@H](C)c2ccc(Cl)cc2Cl)c1Cl. The molecule has 1 aromatic heterocycles. The average molecular weight is 537 g/mol. The molecule has 0 unspecified atom stereocenters. The van der Waals surface area contributed by atoms with E-state index in [1.54, 1.807) is 6.07 Å². The van der Waals surface area contributed by atoms with Crippen LogP contribution in [0.4, 0.5) is 11.8 Å². The summed E-state index contributed by atoms with van der Waals surface area (Å²) in [6.45, 7) is 11.1. The molecular formula is C27H36Cl3N5. The zero-order chi connectivity index (χ0) is 24.7. The van der Waals surface area contributed by atoms with Crippen molar-refractivity contribution in [2.75, 3.05) is 36.4 Å². The van der Waals surface area contributed by atoms with Gasteiger partial charge in [-0.15, -0.1) is 0 Å². The van der Waals surface area contributed by atoms with Crippen molar-refractivity contribution in [2.45, 2.75) is 65.0 Å². The molecule has 0 bridgehead atoms. The van der Waals surface area contributed by atoms with E-state index in [-0.39, 0.29) is 6.04 Å². The van der Waals surface area contributed by atoms with Crippen molar-refractivity contribution >= 4 is 46.6 Å². The first kappa shape index (κ1) is 25.4. The summed E-state index contributed by atoms with van der Waals surface area (Å²) >= 11 is 19.2. The van der Waals surface area contributed by atoms with Crippen molar-refractivity contribution in [3.05, 3.63) is 44.5 Å². The highest BCUT2D eigenvalue weighted by Gasteiger charge is 2.40. The minimum atomic E-state index is -0.0729. The molecule has 1 N–H and O–H groups in total. The summed E-state index contributed by atoms with van der Waals surface area (Å²) in [5, 5.41) is 5.31. The molecule has 0 spiro atoms. The highest BCUT2D eigenvalue weighted by molar-refractivity contribution is 6.35. The lowest BCUT2D eigenvalue weighted by molar-refractivity contribution is 0.0294. The van der Waals surface area contributed by atoms with Gasteiger partial charge in [0, 0.05) is 35.7 Å². The van der Waals surface area contributed by atoms with Crippen LogP contribution in [0.25, 0.3) is 0 Å². The summed E-state index contributed by atoms with van der Waals surface area (Å²) in [7, 11) is 0. The van der Waals surface area contributed by atoms with Gasteiger partial charge in [-0.2, -0.15) is 4.98 Å². The number of benzene rings is 1. The summed E-state index contributed by atoms with van der Waals surface area (Å²) in [6, 6.07) is 6.32. The van der Waals surface area contributed by atoms with Crippen LogP contribution in [-0.2, 0) is 6.42 Å². The van der Waals surface area contributed by atoms with Crippen LogP contribution in [-0.4, -0.2) is 47.1 Å². The molecule has 1 saturated carbocycles. The molecule has 8 heteroatoms. The van der Waals surface area contributed by atoms with E-state index in [9.17, 15) is 0 Å². The second kappa shape index (κ2) is 10.6. The Hall–Kier alpha value is -1.27. The number of aromatic nitrogens is 2. The van der Waals surface area contributed by atoms with Crippen molar-refractivity contribution < 1.29 is 0 Å². The lowest BCUT2D eigenvalue weighted by Gasteiger charge is -2.50. The molecule has 2 saturated heterocycles. The Morgan fingerprint density at radius 3 is 2.54 bits per heavy atom. The smallest absolute Gasteiger partial charge is 0.227 e. The summed E-state index contributed by atoms with van der Waals surface area (Å²) in [5.41, 5.74) is 1.83. The molecule has 5 nitrogen and oxygen atoms in total. The van der Waals surface area contributed by atoms with Crippen molar-refractivity contribution in [3.8, 4) is 0 Å². The van der Waals surface area contributed by atoms with Gasteiger partial charge in [0.05, 0.1) is 11.7 Å². The van der Waals surface area contributed by atoms with Crippen LogP contribution in [0.1, 0.15) is 63.8 Å². The first-order chi connectivity index (χ1) is 16.8. The van der Waals surface area contributed by atoms with E-state index in [4.69, 9.17) is 44.8 Å². The van der Waals surface area contributed by atoms with Gasteiger partial charge in [-0.25, -0.2) is 4.98 Å². The van der Waals surface area contributed by atoms with Crippen LogP contribution in [0.5, 0.6) is 0 Å². The van der Waals surface area contributed by atoms with Gasteiger partial charge in [0.1, 0.15) is 5.02 Å². The van der Waals surface area contributed by atoms with Gasteiger partial charge in [-0.1, -0.05) is 54.7 Å². The van der Waals surface area contributed by atoms with Crippen LogP contribution < -0.4 is 10.2 Å². The standard InChI is InChI=1S/C27H36Cl3N5/c1-4-24-25(30)26(31-17(3)22-8-7-20(28)12-23(22)29)33-27(32-24)35-14-19(15-35)18-6-5-9-34(13-18)21-10-16(2)11-21/h7-8,12,16-19,21H,4-6,9-11,13-15H2,1-3H3,(H,31,32,33)/t16?,17-,18+,21?/m1/s1. The number of halogens is 3. The second-order valence-corrected chi connectivity index (χ2v) is 12.0. The second-order valence-electron chi connectivity index (χ2n) is 10.8. The van der Waals surface area contributed by atoms with Crippen LogP contribution in [0.2, 0.25) is 15.1 Å². The zero-order valence-corrected chi connectivity index (χ0v) is 23.2. The first-order valence-corrected chi connectivity index (χ1v) is 14.2. The molecule has 190 valence electrons. The molecule has 2 aromatic rings. The fourth-order valence-electron chi connectivity index (χ4n) is 5.98. The molecule has 35 heavy (non-hydrogen) atoms. The monoisotopic (exact) mass is 535 g/mol. The highest BCUT2D eigenvalue weighted by Crippen LogP contribution is 2.39. The van der Waals surface area contributed by atoms with Crippen molar-refractivity contribution in [1.29, 1.82) is 0 Å². The number of hydrogen-bond donors (Lipinski definition) is 1. The number of anilines is 2. The number of piperidine rings is 1. The summed E-state index contributed by atoms with van der Waals surface area (Å²) in [5.74, 6) is 3.87. The molecule has 3 aliphatic rings. The van der Waals surface area contributed by atoms with E-state index >= 15 is 0 Å². The van der Waals surface area contributed by atoms with Crippen LogP contribution in [0, 0.1) is 17.8 Å². The maximum absolute atomic E-state index is 6.70. The minimum Gasteiger partial charge on any atom is -0.362 e. The Bertz CT molecular complexity index is 1050. The van der Waals surface area contributed by atoms with Gasteiger partial charge in [0.25, 0.3) is 0 Å². The van der Waals surface area contributed by atoms with E-state index in [1.807, 2.05) is 12.1 Å². The fourth-order valence-corrected chi connectivity index (χ4v) is 6.82. The lowest BCUT2D eigenvalue weighted by atomic mass is 9.76. The Morgan fingerprint density at radius 2 is 1.86 bits per heavy atom. The quantitative estimate of drug-likeness (QED) is 0.408. The summed E-state index contributed by atoms with van der Waals surface area (Å²) in [4.78, 5) is 14.8. The van der Waals surface area contributed by atoms with E-state index in [0.717, 1.165) is 60.5 Å². The van der Waals surface area contributed by atoms with E-state index in [2.05, 4.69) is 35.9 Å². The average Bonchev–Trinajstić information content (AvgIpc) is 2.78. The Labute approximate surface area is 224 Å². The van der Waals surface area contributed by atoms with E-state index < -0.39 is 0 Å². The van der Waals surface area contributed by atoms with Gasteiger partial charge in [0.2, 0.25) is 5.95 Å². The normalized spacial score (nSPS) is 26.2. The van der Waals surface area contributed by atoms with Gasteiger partial charge in [-0.3, -0.25) is 0 Å². The molecule has 2 aliphatic heterocycles. The molecular weight excluding hydrogens is 501 g/mol. The highest BCUT2D eigenvalue weighted by atomic mass is 35.5. The first-order valence-electron chi connectivity index (χ1n) is 13.1. The Kier molecular flexibility index (Phi) is 7.69. The van der Waals surface area contributed by atoms with Gasteiger partial charge in [0.15, 0.2) is 5.82 Å². The third-order valence-corrected chi connectivity index (χ3v) is 9.20. The lowest BCUT2D eigenvalue weighted by Crippen LogP contribution is -2.56. The van der Waals surface area contributed by atoms with Crippen molar-refractivity contribution in [1.82, 2.24) is 14.9 Å². The predicted molar refractivity (Wildman–Crippen MR) is 147 cm³/mol. The Morgan fingerprint density at radius 1 is 1.09 bits per heavy atom. The van der Waals surface area contributed by atoms with Crippen molar-refractivity contribution in [3.63, 3.8) is 0 Å². The van der Waals surface area contributed by atoms with E-state index in [1.165, 1.54) is 38.8 Å². The molecule has 5 rings (SSSR count). The largest absolute Gasteiger partial charge is 0.362 e. The van der Waals surface area contributed by atoms with Gasteiger partial charge in [-0.05, 0) is 81.0 Å². The molecule has 1 aliphatic carbocycles. The van der Waals surface area contributed by atoms with Crippen LogP contribution in [0.3, 0.4) is 0 Å². The molecule has 1 aromatic carbocycles. The van der Waals surface area contributed by atoms with Gasteiger partial charge < -0.3 is 15.1 Å². The molecule has 0 amide bonds. The Balaban J connectivity index is 1.25. The zero-order valence-electron chi connectivity index (χ0n) is 20.9. The van der Waals surface area contributed by atoms with Crippen LogP contribution in [0.15, 0.2) is 18.2 Å². The number of aryl methyl sites for hydroxylation is 1. The molecule has 0 radical (unpaired) electrons. The third kappa shape index (κ3) is 5.39. The summed E-state index contributed by atoms with van der Waals surface area (Å²) in [6.07, 6.45) is 6.22. The number of rotatable bonds is 7. The minimum absolute atomic E-state index is 0.0729. The molecule has 3 fully saturated rings. The van der Waals surface area contributed by atoms with Crippen molar-refractivity contribution in [2.24, 2.45) is 17.8 Å². The molecule has 3 heterocycles. The van der Waals surface area contributed by atoms with Crippen LogP contribution >= 0.6 is 34.8 Å². The number of hydrogen-bond acceptors (Lipinski definition) is 5. The molecule has 2 atom stereocenters. The third-order valence-electron chi connectivity index (χ3n) is 8.24. The topological polar surface area (TPSA) is 44.3 Å². The predicted octanol–water partition coefficient (Wildman–Crippen LogP) is 7.12. The maximum Gasteiger partial charge on any atom is 0.227 e. The number of likely N-dealkylation sites (tertiary alicyclic amines) is 1. The summed E-state index contributed by atoms with van der Waals surface area (Å²) < 4.78 is 0. The maximum atomic E-state index is 6.70. The van der Waals surface area contributed by atoms with Gasteiger partial charge >= 0.3 is 0 Å². The fraction of sp³-hybridized carbons (Fsp3) is 0.630. The number of nitrogens with zero attached hydrogens (tertiary/aromatic N) is 4. The number of nitrogens with one attached hydrogen (secondary N) is 1.